The largest absolute Gasteiger partial charge is 0.419 e. The first-order chi connectivity index (χ1) is 6.41. The molecule has 0 nitrogen and oxygen atoms in total. The highest BCUT2D eigenvalue weighted by molar-refractivity contribution is 5.18. The van der Waals surface area contributed by atoms with E-state index in [1.807, 2.05) is 0 Å². The van der Waals surface area contributed by atoms with Crippen molar-refractivity contribution >= 4 is 0 Å². The fourth-order valence-corrected chi connectivity index (χ4v) is 0.973. The van der Waals surface area contributed by atoms with E-state index in [1.165, 1.54) is 12.1 Å². The van der Waals surface area contributed by atoms with Crippen molar-refractivity contribution < 1.29 is 22.0 Å². The van der Waals surface area contributed by atoms with Gasteiger partial charge in [-0.3, -0.25) is 0 Å². The first-order valence-electron chi connectivity index (χ1n) is 3.85. The van der Waals surface area contributed by atoms with Gasteiger partial charge in [0, 0.05) is 6.42 Å². The molecule has 0 saturated carbocycles. The quantitative estimate of drug-likeness (QED) is 0.657. The van der Waals surface area contributed by atoms with E-state index in [1.54, 1.807) is 0 Å². The highest BCUT2D eigenvalue weighted by atomic mass is 19.4. The molecule has 0 N–H and O–H groups in total. The van der Waals surface area contributed by atoms with Gasteiger partial charge in [-0.2, -0.15) is 13.2 Å². The lowest BCUT2D eigenvalue weighted by Gasteiger charge is -2.12. The van der Waals surface area contributed by atoms with Crippen LogP contribution >= 0.6 is 0 Å². The molecule has 0 aliphatic rings. The van der Waals surface area contributed by atoms with Gasteiger partial charge in [-0.05, 0) is 11.6 Å². The summed E-state index contributed by atoms with van der Waals surface area (Å²) in [6.45, 7) is 0. The molecule has 1 aromatic carbocycles. The first kappa shape index (κ1) is 10.9. The van der Waals surface area contributed by atoms with E-state index in [0.29, 0.717) is 0 Å². The maximum absolute atomic E-state index is 12.8. The molecule has 1 aromatic rings. The standard InChI is InChI=1S/C9H7F5/c10-7-4-2-1-3-6(7)5-8(11)9(12,13)14/h1-4,8H,5H2. The Bertz CT molecular complexity index is 304. The molecule has 0 amide bonds. The fourth-order valence-electron chi connectivity index (χ4n) is 0.973. The van der Waals surface area contributed by atoms with Crippen LogP contribution in [0, 0.1) is 5.82 Å². The van der Waals surface area contributed by atoms with Gasteiger partial charge in [0.25, 0.3) is 0 Å². The van der Waals surface area contributed by atoms with Crippen LogP contribution in [0.2, 0.25) is 0 Å². The Kier molecular flexibility index (Phi) is 3.08. The summed E-state index contributed by atoms with van der Waals surface area (Å²) in [5.41, 5.74) is -0.266. The van der Waals surface area contributed by atoms with Crippen molar-refractivity contribution in [3.05, 3.63) is 35.6 Å². The van der Waals surface area contributed by atoms with Crippen LogP contribution in [0.15, 0.2) is 24.3 Å². The van der Waals surface area contributed by atoms with Crippen LogP contribution in [-0.4, -0.2) is 12.3 Å². The number of hydrogen-bond donors (Lipinski definition) is 0. The minimum absolute atomic E-state index is 0.266. The van der Waals surface area contributed by atoms with Crippen LogP contribution in [-0.2, 0) is 6.42 Å². The van der Waals surface area contributed by atoms with E-state index in [0.717, 1.165) is 12.1 Å². The molecular formula is C9H7F5. The fraction of sp³-hybridized carbons (Fsp3) is 0.333. The second-order valence-electron chi connectivity index (χ2n) is 2.80. The molecule has 0 saturated heterocycles. The van der Waals surface area contributed by atoms with E-state index >= 15 is 0 Å². The van der Waals surface area contributed by atoms with E-state index in [2.05, 4.69) is 0 Å². The van der Waals surface area contributed by atoms with Gasteiger partial charge in [0.15, 0.2) is 6.17 Å². The van der Waals surface area contributed by atoms with E-state index in [9.17, 15) is 22.0 Å². The van der Waals surface area contributed by atoms with Gasteiger partial charge >= 0.3 is 6.18 Å². The van der Waals surface area contributed by atoms with Crippen molar-refractivity contribution in [2.75, 3.05) is 0 Å². The molecule has 0 radical (unpaired) electrons. The van der Waals surface area contributed by atoms with Gasteiger partial charge < -0.3 is 0 Å². The van der Waals surface area contributed by atoms with Crippen LogP contribution < -0.4 is 0 Å². The van der Waals surface area contributed by atoms with Crippen molar-refractivity contribution in [3.63, 3.8) is 0 Å². The topological polar surface area (TPSA) is 0 Å². The summed E-state index contributed by atoms with van der Waals surface area (Å²) in [4.78, 5) is 0. The second-order valence-corrected chi connectivity index (χ2v) is 2.80. The maximum Gasteiger partial charge on any atom is 0.419 e. The number of benzene rings is 1. The van der Waals surface area contributed by atoms with Crippen molar-refractivity contribution in [2.45, 2.75) is 18.8 Å². The molecule has 0 bridgehead atoms. The molecule has 0 fully saturated rings. The van der Waals surface area contributed by atoms with Gasteiger partial charge in [0.1, 0.15) is 5.82 Å². The van der Waals surface area contributed by atoms with Crippen LogP contribution in [0.25, 0.3) is 0 Å². The predicted molar refractivity (Wildman–Crippen MR) is 41.1 cm³/mol. The van der Waals surface area contributed by atoms with E-state index < -0.39 is 24.6 Å². The molecule has 0 aromatic heterocycles. The molecule has 1 unspecified atom stereocenters. The van der Waals surface area contributed by atoms with Gasteiger partial charge in [-0.15, -0.1) is 0 Å². The highest BCUT2D eigenvalue weighted by Crippen LogP contribution is 2.26. The Morgan fingerprint density at radius 2 is 1.71 bits per heavy atom. The SMILES string of the molecule is Fc1ccccc1CC(F)C(F)(F)F. The number of rotatable bonds is 2. The molecule has 0 aliphatic carbocycles. The molecule has 1 rings (SSSR count). The maximum atomic E-state index is 12.8. The molecule has 14 heavy (non-hydrogen) atoms. The molecule has 0 heterocycles. The van der Waals surface area contributed by atoms with Gasteiger partial charge in [0.2, 0.25) is 0 Å². The lowest BCUT2D eigenvalue weighted by atomic mass is 10.1. The predicted octanol–water partition coefficient (Wildman–Crippen LogP) is 3.27. The number of hydrogen-bond acceptors (Lipinski definition) is 0. The van der Waals surface area contributed by atoms with Gasteiger partial charge in [0.05, 0.1) is 0 Å². The van der Waals surface area contributed by atoms with Crippen LogP contribution in [0.4, 0.5) is 22.0 Å². The lowest BCUT2D eigenvalue weighted by molar-refractivity contribution is -0.179. The zero-order valence-electron chi connectivity index (χ0n) is 6.98. The number of halogens is 5. The van der Waals surface area contributed by atoms with Crippen molar-refractivity contribution in [2.24, 2.45) is 0 Å². The summed E-state index contributed by atoms with van der Waals surface area (Å²) in [6.07, 6.45) is -8.92. The summed E-state index contributed by atoms with van der Waals surface area (Å²) in [6, 6.07) is 4.83. The summed E-state index contributed by atoms with van der Waals surface area (Å²) in [5.74, 6) is -0.820. The van der Waals surface area contributed by atoms with E-state index in [-0.39, 0.29) is 5.56 Å². The van der Waals surface area contributed by atoms with Crippen LogP contribution in [0.1, 0.15) is 5.56 Å². The number of alkyl halides is 4. The minimum Gasteiger partial charge on any atom is -0.237 e. The Balaban J connectivity index is 2.75. The van der Waals surface area contributed by atoms with Crippen molar-refractivity contribution in [1.82, 2.24) is 0 Å². The summed E-state index contributed by atoms with van der Waals surface area (Å²) < 4.78 is 60.6. The average molecular weight is 210 g/mol. The third kappa shape index (κ3) is 2.68. The third-order valence-electron chi connectivity index (χ3n) is 1.71. The van der Waals surface area contributed by atoms with Crippen molar-refractivity contribution in [1.29, 1.82) is 0 Å². The third-order valence-corrected chi connectivity index (χ3v) is 1.71. The molecule has 5 heteroatoms. The second kappa shape index (κ2) is 3.94. The molecular weight excluding hydrogens is 203 g/mol. The van der Waals surface area contributed by atoms with Crippen molar-refractivity contribution in [3.8, 4) is 0 Å². The van der Waals surface area contributed by atoms with Crippen LogP contribution in [0.3, 0.4) is 0 Å². The molecule has 0 aliphatic heterocycles. The molecule has 1 atom stereocenters. The summed E-state index contributed by atoms with van der Waals surface area (Å²) in [7, 11) is 0. The highest BCUT2D eigenvalue weighted by Gasteiger charge is 2.40. The normalized spacial score (nSPS) is 14.1. The summed E-state index contributed by atoms with van der Waals surface area (Å²) in [5, 5.41) is 0. The monoisotopic (exact) mass is 210 g/mol. The van der Waals surface area contributed by atoms with Gasteiger partial charge in [-0.25, -0.2) is 8.78 Å². The first-order valence-corrected chi connectivity index (χ1v) is 3.85. The Labute approximate surface area is 77.4 Å². The molecule has 78 valence electrons. The lowest BCUT2D eigenvalue weighted by Crippen LogP contribution is -2.26. The zero-order valence-corrected chi connectivity index (χ0v) is 6.98. The Morgan fingerprint density at radius 3 is 2.21 bits per heavy atom. The zero-order chi connectivity index (χ0) is 10.8. The Hall–Kier alpha value is -1.13. The summed E-state index contributed by atoms with van der Waals surface area (Å²) >= 11 is 0. The molecule has 0 spiro atoms. The van der Waals surface area contributed by atoms with E-state index in [4.69, 9.17) is 0 Å². The van der Waals surface area contributed by atoms with Gasteiger partial charge in [-0.1, -0.05) is 18.2 Å². The van der Waals surface area contributed by atoms with Crippen LogP contribution in [0.5, 0.6) is 0 Å². The Morgan fingerprint density at radius 1 is 1.14 bits per heavy atom. The average Bonchev–Trinajstić information content (AvgIpc) is 2.07. The minimum atomic E-state index is -4.93. The smallest absolute Gasteiger partial charge is 0.237 e.